The Labute approximate surface area is 152 Å². The second kappa shape index (κ2) is 6.59. The van der Waals surface area contributed by atoms with E-state index in [1.165, 1.54) is 0 Å². The maximum atomic E-state index is 5.31. The van der Waals surface area contributed by atoms with Gasteiger partial charge >= 0.3 is 0 Å². The van der Waals surface area contributed by atoms with Crippen LogP contribution in [0.5, 0.6) is 0 Å². The average molecular weight is 344 g/mol. The summed E-state index contributed by atoms with van der Waals surface area (Å²) in [4.78, 5) is 9.54. The van der Waals surface area contributed by atoms with Gasteiger partial charge in [-0.2, -0.15) is 0 Å². The highest BCUT2D eigenvalue weighted by molar-refractivity contribution is 5.90. The van der Waals surface area contributed by atoms with E-state index in [0.717, 1.165) is 39.3 Å². The highest BCUT2D eigenvalue weighted by atomic mass is 16.5. The number of benzene rings is 2. The second-order valence-electron chi connectivity index (χ2n) is 6.38. The van der Waals surface area contributed by atoms with Gasteiger partial charge in [0.25, 0.3) is 0 Å². The third kappa shape index (κ3) is 2.92. The van der Waals surface area contributed by atoms with E-state index in [1.54, 1.807) is 0 Å². The molecule has 0 aliphatic rings. The standard InChI is InChI=1S/C21H20N4O/c1-13(19-14(2)25-26-15(19)3)22-21-17-11-7-8-12-18(17)23-20(24-21)16-9-5-4-6-10-16/h4-13H,1-3H3,(H,22,23,24). The first-order valence-electron chi connectivity index (χ1n) is 8.65. The first-order chi connectivity index (χ1) is 12.6. The summed E-state index contributed by atoms with van der Waals surface area (Å²) in [6.07, 6.45) is 0. The minimum absolute atomic E-state index is 0.0168. The van der Waals surface area contributed by atoms with E-state index >= 15 is 0 Å². The van der Waals surface area contributed by atoms with Crippen molar-refractivity contribution in [3.63, 3.8) is 0 Å². The van der Waals surface area contributed by atoms with Gasteiger partial charge < -0.3 is 9.84 Å². The third-order valence-corrected chi connectivity index (χ3v) is 4.51. The molecule has 0 amide bonds. The number of nitrogens with one attached hydrogen (secondary N) is 1. The number of nitrogens with zero attached hydrogens (tertiary/aromatic N) is 3. The largest absolute Gasteiger partial charge is 0.363 e. The van der Waals surface area contributed by atoms with E-state index < -0.39 is 0 Å². The fourth-order valence-electron chi connectivity index (χ4n) is 3.29. The molecule has 0 spiro atoms. The van der Waals surface area contributed by atoms with Crippen LogP contribution < -0.4 is 5.32 Å². The van der Waals surface area contributed by atoms with Crippen LogP contribution >= 0.6 is 0 Å². The molecular weight excluding hydrogens is 324 g/mol. The SMILES string of the molecule is Cc1noc(C)c1C(C)Nc1nc(-c2ccccc2)nc2ccccc12. The van der Waals surface area contributed by atoms with Gasteiger partial charge in [-0.15, -0.1) is 0 Å². The van der Waals surface area contributed by atoms with Crippen LogP contribution in [0, 0.1) is 13.8 Å². The van der Waals surface area contributed by atoms with Crippen molar-refractivity contribution in [2.24, 2.45) is 0 Å². The molecule has 0 fully saturated rings. The first kappa shape index (κ1) is 16.3. The molecule has 4 aromatic rings. The Balaban J connectivity index is 1.81. The summed E-state index contributed by atoms with van der Waals surface area (Å²) in [5.74, 6) is 2.34. The molecule has 0 bridgehead atoms. The zero-order chi connectivity index (χ0) is 18.1. The van der Waals surface area contributed by atoms with Crippen LogP contribution in [-0.4, -0.2) is 15.1 Å². The monoisotopic (exact) mass is 344 g/mol. The predicted molar refractivity (Wildman–Crippen MR) is 103 cm³/mol. The molecule has 1 N–H and O–H groups in total. The summed E-state index contributed by atoms with van der Waals surface area (Å²) in [5.41, 5.74) is 3.86. The molecular formula is C21H20N4O. The molecule has 5 nitrogen and oxygen atoms in total. The van der Waals surface area contributed by atoms with Gasteiger partial charge in [-0.05, 0) is 32.9 Å². The fourth-order valence-corrected chi connectivity index (χ4v) is 3.29. The Morgan fingerprint density at radius 1 is 0.923 bits per heavy atom. The van der Waals surface area contributed by atoms with Gasteiger partial charge in [-0.3, -0.25) is 0 Å². The highest BCUT2D eigenvalue weighted by Gasteiger charge is 2.18. The molecule has 0 saturated heterocycles. The number of para-hydroxylation sites is 1. The van der Waals surface area contributed by atoms with Crippen molar-refractivity contribution < 1.29 is 4.52 Å². The number of aromatic nitrogens is 3. The number of aryl methyl sites for hydroxylation is 2. The minimum atomic E-state index is 0.0168. The van der Waals surface area contributed by atoms with Crippen LogP contribution in [0.3, 0.4) is 0 Å². The second-order valence-corrected chi connectivity index (χ2v) is 6.38. The Morgan fingerprint density at radius 2 is 1.65 bits per heavy atom. The molecule has 1 atom stereocenters. The predicted octanol–water partition coefficient (Wildman–Crippen LogP) is 5.07. The van der Waals surface area contributed by atoms with Crippen LogP contribution in [-0.2, 0) is 0 Å². The zero-order valence-corrected chi connectivity index (χ0v) is 15.0. The Bertz CT molecular complexity index is 1040. The highest BCUT2D eigenvalue weighted by Crippen LogP contribution is 2.29. The average Bonchev–Trinajstić information content (AvgIpc) is 3.00. The molecule has 130 valence electrons. The normalized spacial score (nSPS) is 12.3. The summed E-state index contributed by atoms with van der Waals surface area (Å²) < 4.78 is 5.31. The summed E-state index contributed by atoms with van der Waals surface area (Å²) in [6.45, 7) is 5.98. The molecule has 2 aromatic carbocycles. The van der Waals surface area contributed by atoms with Crippen LogP contribution in [0.15, 0.2) is 59.1 Å². The van der Waals surface area contributed by atoms with E-state index in [0.29, 0.717) is 5.82 Å². The molecule has 0 saturated carbocycles. The maximum Gasteiger partial charge on any atom is 0.162 e. The summed E-state index contributed by atoms with van der Waals surface area (Å²) in [6, 6.07) is 18.1. The summed E-state index contributed by atoms with van der Waals surface area (Å²) in [5, 5.41) is 8.58. The summed E-state index contributed by atoms with van der Waals surface area (Å²) in [7, 11) is 0. The van der Waals surface area contributed by atoms with Crippen molar-refractivity contribution in [2.45, 2.75) is 26.8 Å². The van der Waals surface area contributed by atoms with Gasteiger partial charge in [0.1, 0.15) is 11.6 Å². The Kier molecular flexibility index (Phi) is 4.13. The van der Waals surface area contributed by atoms with E-state index in [-0.39, 0.29) is 6.04 Å². The fraction of sp³-hybridized carbons (Fsp3) is 0.190. The maximum absolute atomic E-state index is 5.31. The van der Waals surface area contributed by atoms with Gasteiger partial charge in [0.05, 0.1) is 17.3 Å². The number of rotatable bonds is 4. The number of hydrogen-bond donors (Lipinski definition) is 1. The lowest BCUT2D eigenvalue weighted by atomic mass is 10.1. The quantitative estimate of drug-likeness (QED) is 0.559. The van der Waals surface area contributed by atoms with Crippen LogP contribution in [0.2, 0.25) is 0 Å². The van der Waals surface area contributed by atoms with Crippen molar-refractivity contribution in [3.05, 3.63) is 71.6 Å². The molecule has 0 aliphatic carbocycles. The van der Waals surface area contributed by atoms with Gasteiger partial charge in [0, 0.05) is 16.5 Å². The Hall–Kier alpha value is -3.21. The van der Waals surface area contributed by atoms with E-state index in [1.807, 2.05) is 68.4 Å². The lowest BCUT2D eigenvalue weighted by molar-refractivity contribution is 0.392. The van der Waals surface area contributed by atoms with Crippen molar-refractivity contribution in [2.75, 3.05) is 5.32 Å². The molecule has 0 radical (unpaired) electrons. The first-order valence-corrected chi connectivity index (χ1v) is 8.65. The zero-order valence-electron chi connectivity index (χ0n) is 15.0. The lowest BCUT2D eigenvalue weighted by Crippen LogP contribution is -2.11. The van der Waals surface area contributed by atoms with E-state index in [4.69, 9.17) is 14.5 Å². The third-order valence-electron chi connectivity index (χ3n) is 4.51. The van der Waals surface area contributed by atoms with Crippen molar-refractivity contribution >= 4 is 16.7 Å². The Morgan fingerprint density at radius 3 is 2.38 bits per heavy atom. The van der Waals surface area contributed by atoms with Gasteiger partial charge in [0.2, 0.25) is 0 Å². The smallest absolute Gasteiger partial charge is 0.162 e. The van der Waals surface area contributed by atoms with Crippen molar-refractivity contribution in [1.82, 2.24) is 15.1 Å². The minimum Gasteiger partial charge on any atom is -0.363 e. The summed E-state index contributed by atoms with van der Waals surface area (Å²) >= 11 is 0. The molecule has 2 aromatic heterocycles. The van der Waals surface area contributed by atoms with Crippen molar-refractivity contribution in [3.8, 4) is 11.4 Å². The topological polar surface area (TPSA) is 63.8 Å². The molecule has 5 heteroatoms. The van der Waals surface area contributed by atoms with E-state index in [9.17, 15) is 0 Å². The van der Waals surface area contributed by atoms with Gasteiger partial charge in [-0.25, -0.2) is 9.97 Å². The number of anilines is 1. The van der Waals surface area contributed by atoms with Crippen LogP contribution in [0.4, 0.5) is 5.82 Å². The molecule has 2 heterocycles. The van der Waals surface area contributed by atoms with Crippen LogP contribution in [0.25, 0.3) is 22.3 Å². The molecule has 0 aliphatic heterocycles. The number of hydrogen-bond acceptors (Lipinski definition) is 5. The van der Waals surface area contributed by atoms with Crippen molar-refractivity contribution in [1.29, 1.82) is 0 Å². The van der Waals surface area contributed by atoms with E-state index in [2.05, 4.69) is 17.4 Å². The number of fused-ring (bicyclic) bond motifs is 1. The molecule has 4 rings (SSSR count). The van der Waals surface area contributed by atoms with Crippen LogP contribution in [0.1, 0.15) is 30.0 Å². The van der Waals surface area contributed by atoms with Gasteiger partial charge in [0.15, 0.2) is 5.82 Å². The van der Waals surface area contributed by atoms with Gasteiger partial charge in [-0.1, -0.05) is 47.6 Å². The molecule has 26 heavy (non-hydrogen) atoms. The molecule has 1 unspecified atom stereocenters. The lowest BCUT2D eigenvalue weighted by Gasteiger charge is -2.17.